The van der Waals surface area contributed by atoms with Crippen LogP contribution in [0.4, 0.5) is 5.69 Å². The summed E-state index contributed by atoms with van der Waals surface area (Å²) in [6.07, 6.45) is 0.238. The molecule has 0 aromatic heterocycles. The van der Waals surface area contributed by atoms with E-state index in [1.165, 1.54) is 17.0 Å². The minimum atomic E-state index is -4.22. The van der Waals surface area contributed by atoms with E-state index in [1.54, 1.807) is 42.5 Å². The van der Waals surface area contributed by atoms with Crippen LogP contribution in [0.15, 0.2) is 119 Å². The molecule has 4 aromatic carbocycles. The summed E-state index contributed by atoms with van der Waals surface area (Å²) >= 11 is 10.0. The third kappa shape index (κ3) is 8.71. The quantitative estimate of drug-likeness (QED) is 0.168. The van der Waals surface area contributed by atoms with Crippen LogP contribution in [0, 0.1) is 5.92 Å². The molecule has 44 heavy (non-hydrogen) atoms. The Hall–Kier alpha value is -3.66. The molecule has 0 saturated heterocycles. The molecule has 4 aromatic rings. The zero-order valence-electron chi connectivity index (χ0n) is 24.6. The van der Waals surface area contributed by atoms with E-state index >= 15 is 0 Å². The largest absolute Gasteiger partial charge is 0.354 e. The van der Waals surface area contributed by atoms with Crippen molar-refractivity contribution in [2.24, 2.45) is 5.92 Å². The first-order valence-electron chi connectivity index (χ1n) is 14.2. The highest BCUT2D eigenvalue weighted by Crippen LogP contribution is 2.31. The number of hydrogen-bond donors (Lipinski definition) is 1. The van der Waals surface area contributed by atoms with Crippen LogP contribution in [-0.4, -0.2) is 44.3 Å². The summed E-state index contributed by atoms with van der Waals surface area (Å²) in [6, 6.07) is 30.4. The number of nitrogens with zero attached hydrogens (tertiary/aromatic N) is 2. The van der Waals surface area contributed by atoms with E-state index in [9.17, 15) is 18.0 Å². The fourth-order valence-corrected chi connectivity index (χ4v) is 6.88. The molecule has 230 valence electrons. The van der Waals surface area contributed by atoms with E-state index in [1.807, 2.05) is 68.4 Å². The van der Waals surface area contributed by atoms with Crippen LogP contribution >= 0.6 is 27.5 Å². The van der Waals surface area contributed by atoms with Gasteiger partial charge < -0.3 is 10.2 Å². The topological polar surface area (TPSA) is 86.8 Å². The summed E-state index contributed by atoms with van der Waals surface area (Å²) in [4.78, 5) is 29.8. The van der Waals surface area contributed by atoms with Gasteiger partial charge in [-0.25, -0.2) is 8.42 Å². The van der Waals surface area contributed by atoms with Gasteiger partial charge >= 0.3 is 0 Å². The second-order valence-corrected chi connectivity index (χ2v) is 14.0. The molecular weight excluding hydrogens is 662 g/mol. The predicted molar refractivity (Wildman–Crippen MR) is 179 cm³/mol. The fraction of sp³-hybridized carbons (Fsp3) is 0.235. The number of halogens is 2. The third-order valence-corrected chi connectivity index (χ3v) is 9.52. The first-order valence-corrected chi connectivity index (χ1v) is 16.8. The van der Waals surface area contributed by atoms with E-state index < -0.39 is 28.5 Å². The van der Waals surface area contributed by atoms with E-state index in [0.29, 0.717) is 6.54 Å². The van der Waals surface area contributed by atoms with Crippen molar-refractivity contribution in [3.05, 3.63) is 130 Å². The standard InChI is InChI=1S/C34H35BrClN3O4S/c1-25(2)22-37-34(41)32(21-26-12-5-3-6-13-26)38(23-27-14-11-15-28(35)20-27)33(40)24-39(31-19-10-9-18-30(31)36)44(42,43)29-16-7-4-8-17-29/h3-20,25,32H,21-24H2,1-2H3,(H,37,41). The van der Waals surface area contributed by atoms with Gasteiger partial charge in [0.1, 0.15) is 12.6 Å². The van der Waals surface area contributed by atoms with Gasteiger partial charge in [-0.05, 0) is 53.4 Å². The molecule has 0 aliphatic rings. The van der Waals surface area contributed by atoms with Gasteiger partial charge in [-0.3, -0.25) is 13.9 Å². The normalized spacial score (nSPS) is 12.0. The number of nitrogens with one attached hydrogen (secondary N) is 1. The van der Waals surface area contributed by atoms with Gasteiger partial charge in [0.2, 0.25) is 11.8 Å². The number of para-hydroxylation sites is 1. The Labute approximate surface area is 273 Å². The van der Waals surface area contributed by atoms with Crippen LogP contribution in [0.1, 0.15) is 25.0 Å². The van der Waals surface area contributed by atoms with Gasteiger partial charge in [0, 0.05) is 24.0 Å². The number of hydrogen-bond acceptors (Lipinski definition) is 4. The molecule has 0 aliphatic carbocycles. The summed E-state index contributed by atoms with van der Waals surface area (Å²) in [5, 5.41) is 3.16. The molecule has 2 amide bonds. The highest BCUT2D eigenvalue weighted by atomic mass is 79.9. The Morgan fingerprint density at radius 2 is 1.45 bits per heavy atom. The molecule has 0 aliphatic heterocycles. The highest BCUT2D eigenvalue weighted by Gasteiger charge is 2.35. The molecule has 0 heterocycles. The van der Waals surface area contributed by atoms with Gasteiger partial charge in [-0.1, -0.05) is 114 Å². The van der Waals surface area contributed by atoms with Gasteiger partial charge in [0.15, 0.2) is 0 Å². The summed E-state index contributed by atoms with van der Waals surface area (Å²) in [5.41, 5.74) is 1.81. The zero-order valence-corrected chi connectivity index (χ0v) is 27.7. The minimum Gasteiger partial charge on any atom is -0.354 e. The number of carbonyl (C=O) groups excluding carboxylic acids is 2. The highest BCUT2D eigenvalue weighted by molar-refractivity contribution is 9.10. The number of rotatable bonds is 13. The average Bonchev–Trinajstić information content (AvgIpc) is 3.01. The molecule has 0 fully saturated rings. The van der Waals surface area contributed by atoms with Crippen molar-refractivity contribution in [3.63, 3.8) is 0 Å². The first-order chi connectivity index (χ1) is 21.1. The molecular formula is C34H35BrClN3O4S. The molecule has 1 N–H and O–H groups in total. The second kappa shape index (κ2) is 15.4. The van der Waals surface area contributed by atoms with Gasteiger partial charge in [-0.2, -0.15) is 0 Å². The van der Waals surface area contributed by atoms with Crippen molar-refractivity contribution in [1.82, 2.24) is 10.2 Å². The number of sulfonamides is 1. The summed E-state index contributed by atoms with van der Waals surface area (Å²) in [6.45, 7) is 3.92. The lowest BCUT2D eigenvalue weighted by molar-refractivity contribution is -0.140. The third-order valence-electron chi connectivity index (χ3n) is 6.93. The Kier molecular flexibility index (Phi) is 11.6. The lowest BCUT2D eigenvalue weighted by Crippen LogP contribution is -2.53. The molecule has 4 rings (SSSR count). The molecule has 1 atom stereocenters. The summed E-state index contributed by atoms with van der Waals surface area (Å²) in [7, 11) is -4.22. The first kappa shape index (κ1) is 33.2. The van der Waals surface area contributed by atoms with Crippen LogP contribution in [0.5, 0.6) is 0 Å². The number of anilines is 1. The van der Waals surface area contributed by atoms with Crippen molar-refractivity contribution < 1.29 is 18.0 Å². The van der Waals surface area contributed by atoms with Crippen molar-refractivity contribution in [1.29, 1.82) is 0 Å². The second-order valence-electron chi connectivity index (χ2n) is 10.8. The fourth-order valence-electron chi connectivity index (χ4n) is 4.70. The van der Waals surface area contributed by atoms with Gasteiger partial charge in [0.25, 0.3) is 10.0 Å². The molecule has 0 bridgehead atoms. The Balaban J connectivity index is 1.80. The maximum absolute atomic E-state index is 14.5. The van der Waals surface area contributed by atoms with Crippen molar-refractivity contribution in [2.45, 2.75) is 37.8 Å². The van der Waals surface area contributed by atoms with E-state index in [0.717, 1.165) is 19.9 Å². The van der Waals surface area contributed by atoms with Gasteiger partial charge in [-0.15, -0.1) is 0 Å². The lowest BCUT2D eigenvalue weighted by atomic mass is 10.0. The van der Waals surface area contributed by atoms with Crippen molar-refractivity contribution >= 4 is 55.1 Å². The van der Waals surface area contributed by atoms with Crippen LogP contribution < -0.4 is 9.62 Å². The van der Waals surface area contributed by atoms with E-state index in [-0.39, 0.29) is 40.4 Å². The Morgan fingerprint density at radius 3 is 2.09 bits per heavy atom. The monoisotopic (exact) mass is 695 g/mol. The van der Waals surface area contributed by atoms with E-state index in [2.05, 4.69) is 21.2 Å². The predicted octanol–water partition coefficient (Wildman–Crippen LogP) is 6.71. The maximum atomic E-state index is 14.5. The molecule has 0 spiro atoms. The minimum absolute atomic E-state index is 0.0155. The van der Waals surface area contributed by atoms with Crippen LogP contribution in [0.25, 0.3) is 0 Å². The summed E-state index contributed by atoms with van der Waals surface area (Å²) < 4.78 is 29.9. The Bertz CT molecular complexity index is 1670. The van der Waals surface area contributed by atoms with Gasteiger partial charge in [0.05, 0.1) is 15.6 Å². The Morgan fingerprint density at radius 1 is 0.841 bits per heavy atom. The smallest absolute Gasteiger partial charge is 0.264 e. The number of benzene rings is 4. The molecule has 1 unspecified atom stereocenters. The summed E-state index contributed by atoms with van der Waals surface area (Å²) in [5.74, 6) is -0.677. The number of carbonyl (C=O) groups is 2. The van der Waals surface area contributed by atoms with Crippen LogP contribution in [0.2, 0.25) is 5.02 Å². The lowest BCUT2D eigenvalue weighted by Gasteiger charge is -2.34. The van der Waals surface area contributed by atoms with Crippen LogP contribution in [0.3, 0.4) is 0 Å². The number of amides is 2. The molecule has 0 saturated carbocycles. The van der Waals surface area contributed by atoms with Crippen molar-refractivity contribution in [2.75, 3.05) is 17.4 Å². The SMILES string of the molecule is CC(C)CNC(=O)C(Cc1ccccc1)N(Cc1cccc(Br)c1)C(=O)CN(c1ccccc1Cl)S(=O)(=O)c1ccccc1. The van der Waals surface area contributed by atoms with Crippen LogP contribution in [-0.2, 0) is 32.6 Å². The maximum Gasteiger partial charge on any atom is 0.264 e. The molecule has 7 nitrogen and oxygen atoms in total. The molecule has 0 radical (unpaired) electrons. The van der Waals surface area contributed by atoms with Crippen molar-refractivity contribution in [3.8, 4) is 0 Å². The van der Waals surface area contributed by atoms with E-state index in [4.69, 9.17) is 11.6 Å². The average molecular weight is 697 g/mol. The molecule has 10 heteroatoms. The zero-order chi connectivity index (χ0) is 31.7.